The second kappa shape index (κ2) is 7.14. The molecule has 2 rings (SSSR count). The Kier molecular flexibility index (Phi) is 5.49. The first-order valence-electron chi connectivity index (χ1n) is 6.54. The average molecular weight is 297 g/mol. The minimum absolute atomic E-state index is 0.683. The molecule has 0 bridgehead atoms. The highest BCUT2D eigenvalue weighted by Crippen LogP contribution is 2.15. The number of piperidine rings is 1. The topological polar surface area (TPSA) is 24.1 Å². The number of halogens is 1. The van der Waals surface area contributed by atoms with E-state index in [-0.39, 0.29) is 0 Å². The first kappa shape index (κ1) is 13.1. The van der Waals surface area contributed by atoms with Crippen LogP contribution in [0.1, 0.15) is 24.8 Å². The van der Waals surface area contributed by atoms with Crippen molar-refractivity contribution in [2.75, 3.05) is 19.6 Å². The van der Waals surface area contributed by atoms with Crippen LogP contribution < -0.4 is 10.6 Å². The summed E-state index contributed by atoms with van der Waals surface area (Å²) in [4.78, 5) is 0. The van der Waals surface area contributed by atoms with E-state index in [0.29, 0.717) is 6.04 Å². The largest absolute Gasteiger partial charge is 0.315 e. The van der Waals surface area contributed by atoms with Crippen molar-refractivity contribution in [2.24, 2.45) is 0 Å². The van der Waals surface area contributed by atoms with Crippen LogP contribution in [0.2, 0.25) is 0 Å². The van der Waals surface area contributed by atoms with Gasteiger partial charge in [0, 0.05) is 17.1 Å². The first-order valence-corrected chi connectivity index (χ1v) is 7.33. The lowest BCUT2D eigenvalue weighted by Gasteiger charge is -2.23. The van der Waals surface area contributed by atoms with Gasteiger partial charge in [0.15, 0.2) is 0 Å². The molecule has 1 fully saturated rings. The molecule has 1 unspecified atom stereocenters. The molecule has 0 spiro atoms. The smallest absolute Gasteiger partial charge is 0.0207 e. The second-order valence-electron chi connectivity index (χ2n) is 4.69. The molecular weight excluding hydrogens is 276 g/mol. The van der Waals surface area contributed by atoms with E-state index in [2.05, 4.69) is 50.8 Å². The summed E-state index contributed by atoms with van der Waals surface area (Å²) in [6, 6.07) is 9.14. The molecule has 1 aliphatic rings. The molecule has 0 aromatic heterocycles. The molecule has 1 aliphatic heterocycles. The standard InChI is InChI=1S/C14H21BrN2/c15-14-7-2-1-5-12(14)8-10-16-11-13-6-3-4-9-17-13/h1-2,5,7,13,16-17H,3-4,6,8-11H2. The quantitative estimate of drug-likeness (QED) is 0.817. The van der Waals surface area contributed by atoms with Gasteiger partial charge in [0.1, 0.15) is 0 Å². The number of nitrogens with one attached hydrogen (secondary N) is 2. The Hall–Kier alpha value is -0.380. The first-order chi connectivity index (χ1) is 8.36. The predicted octanol–water partition coefficient (Wildman–Crippen LogP) is 2.72. The van der Waals surface area contributed by atoms with Crippen molar-refractivity contribution in [1.29, 1.82) is 0 Å². The molecule has 0 saturated carbocycles. The van der Waals surface area contributed by atoms with Crippen molar-refractivity contribution in [3.05, 3.63) is 34.3 Å². The van der Waals surface area contributed by atoms with Gasteiger partial charge in [-0.15, -0.1) is 0 Å². The van der Waals surface area contributed by atoms with Gasteiger partial charge >= 0.3 is 0 Å². The summed E-state index contributed by atoms with van der Waals surface area (Å²) in [5, 5.41) is 7.10. The Labute approximate surface area is 112 Å². The average Bonchev–Trinajstić information content (AvgIpc) is 2.38. The molecule has 2 N–H and O–H groups in total. The van der Waals surface area contributed by atoms with Crippen LogP contribution in [-0.4, -0.2) is 25.7 Å². The highest BCUT2D eigenvalue weighted by atomic mass is 79.9. The number of rotatable bonds is 5. The third-order valence-corrected chi connectivity index (χ3v) is 4.11. The Morgan fingerprint density at radius 3 is 2.94 bits per heavy atom. The lowest BCUT2D eigenvalue weighted by Crippen LogP contribution is -2.42. The lowest BCUT2D eigenvalue weighted by molar-refractivity contribution is 0.384. The van der Waals surface area contributed by atoms with E-state index < -0.39 is 0 Å². The molecule has 1 saturated heterocycles. The van der Waals surface area contributed by atoms with Crippen LogP contribution in [0.3, 0.4) is 0 Å². The van der Waals surface area contributed by atoms with Gasteiger partial charge in [-0.05, 0) is 44.0 Å². The van der Waals surface area contributed by atoms with Crippen molar-refractivity contribution in [3.8, 4) is 0 Å². The van der Waals surface area contributed by atoms with E-state index in [1.165, 1.54) is 35.8 Å². The summed E-state index contributed by atoms with van der Waals surface area (Å²) >= 11 is 3.58. The zero-order valence-electron chi connectivity index (χ0n) is 10.2. The van der Waals surface area contributed by atoms with Crippen LogP contribution in [0, 0.1) is 0 Å². The third-order valence-electron chi connectivity index (χ3n) is 3.33. The Morgan fingerprint density at radius 1 is 1.29 bits per heavy atom. The van der Waals surface area contributed by atoms with Crippen molar-refractivity contribution in [1.82, 2.24) is 10.6 Å². The Morgan fingerprint density at radius 2 is 2.18 bits per heavy atom. The van der Waals surface area contributed by atoms with Crippen molar-refractivity contribution >= 4 is 15.9 Å². The predicted molar refractivity (Wildman–Crippen MR) is 76.4 cm³/mol. The van der Waals surface area contributed by atoms with Gasteiger partial charge in [0.05, 0.1) is 0 Å². The van der Waals surface area contributed by atoms with Gasteiger partial charge in [0.25, 0.3) is 0 Å². The van der Waals surface area contributed by atoms with Gasteiger partial charge < -0.3 is 10.6 Å². The second-order valence-corrected chi connectivity index (χ2v) is 5.55. The van der Waals surface area contributed by atoms with Gasteiger partial charge in [-0.1, -0.05) is 40.5 Å². The molecular formula is C14H21BrN2. The fraction of sp³-hybridized carbons (Fsp3) is 0.571. The maximum Gasteiger partial charge on any atom is 0.0207 e. The molecule has 0 radical (unpaired) electrons. The highest BCUT2D eigenvalue weighted by molar-refractivity contribution is 9.10. The zero-order chi connectivity index (χ0) is 11.9. The molecule has 17 heavy (non-hydrogen) atoms. The number of hydrogen-bond acceptors (Lipinski definition) is 2. The van der Waals surface area contributed by atoms with Gasteiger partial charge in [-0.3, -0.25) is 0 Å². The van der Waals surface area contributed by atoms with Crippen molar-refractivity contribution < 1.29 is 0 Å². The van der Waals surface area contributed by atoms with E-state index in [0.717, 1.165) is 19.5 Å². The van der Waals surface area contributed by atoms with Crippen LogP contribution in [0.15, 0.2) is 28.7 Å². The molecule has 1 atom stereocenters. The van der Waals surface area contributed by atoms with Gasteiger partial charge in [0.2, 0.25) is 0 Å². The van der Waals surface area contributed by atoms with E-state index in [1.807, 2.05) is 0 Å². The third kappa shape index (κ3) is 4.41. The SMILES string of the molecule is Brc1ccccc1CCNCC1CCCCN1. The van der Waals surface area contributed by atoms with E-state index in [4.69, 9.17) is 0 Å². The summed E-state index contributed by atoms with van der Waals surface area (Å²) in [5.41, 5.74) is 1.39. The fourth-order valence-electron chi connectivity index (χ4n) is 2.30. The maximum atomic E-state index is 3.58. The molecule has 94 valence electrons. The Bertz CT molecular complexity index is 335. The van der Waals surface area contributed by atoms with Crippen LogP contribution >= 0.6 is 15.9 Å². The van der Waals surface area contributed by atoms with Crippen LogP contribution in [0.25, 0.3) is 0 Å². The summed E-state index contributed by atoms with van der Waals surface area (Å²) in [5.74, 6) is 0. The Balaban J connectivity index is 1.64. The fourth-order valence-corrected chi connectivity index (χ4v) is 2.78. The van der Waals surface area contributed by atoms with Gasteiger partial charge in [-0.2, -0.15) is 0 Å². The van der Waals surface area contributed by atoms with Crippen LogP contribution in [-0.2, 0) is 6.42 Å². The molecule has 2 nitrogen and oxygen atoms in total. The molecule has 3 heteroatoms. The normalized spacial score (nSPS) is 20.4. The van der Waals surface area contributed by atoms with Crippen molar-refractivity contribution in [2.45, 2.75) is 31.7 Å². The lowest BCUT2D eigenvalue weighted by atomic mass is 10.1. The minimum Gasteiger partial charge on any atom is -0.315 e. The van der Waals surface area contributed by atoms with Crippen molar-refractivity contribution in [3.63, 3.8) is 0 Å². The summed E-state index contributed by atoms with van der Waals surface area (Å²) in [6.45, 7) is 3.35. The molecule has 1 aromatic rings. The minimum atomic E-state index is 0.683. The highest BCUT2D eigenvalue weighted by Gasteiger charge is 2.11. The van der Waals surface area contributed by atoms with E-state index in [1.54, 1.807) is 0 Å². The van der Waals surface area contributed by atoms with E-state index >= 15 is 0 Å². The molecule has 0 amide bonds. The monoisotopic (exact) mass is 296 g/mol. The zero-order valence-corrected chi connectivity index (χ0v) is 11.8. The molecule has 1 heterocycles. The number of hydrogen-bond donors (Lipinski definition) is 2. The number of benzene rings is 1. The van der Waals surface area contributed by atoms with Crippen LogP contribution in [0.5, 0.6) is 0 Å². The van der Waals surface area contributed by atoms with E-state index in [9.17, 15) is 0 Å². The van der Waals surface area contributed by atoms with Crippen LogP contribution in [0.4, 0.5) is 0 Å². The molecule has 1 aromatic carbocycles. The summed E-state index contributed by atoms with van der Waals surface area (Å²) in [6.07, 6.45) is 5.13. The molecule has 0 aliphatic carbocycles. The maximum absolute atomic E-state index is 3.58. The summed E-state index contributed by atoms with van der Waals surface area (Å²) < 4.78 is 1.22. The summed E-state index contributed by atoms with van der Waals surface area (Å²) in [7, 11) is 0. The van der Waals surface area contributed by atoms with Gasteiger partial charge in [-0.25, -0.2) is 0 Å².